The predicted molar refractivity (Wildman–Crippen MR) is 108 cm³/mol. The fourth-order valence-corrected chi connectivity index (χ4v) is 4.49. The van der Waals surface area contributed by atoms with Crippen molar-refractivity contribution < 1.29 is 14.3 Å². The number of aryl methyl sites for hydroxylation is 2. The van der Waals surface area contributed by atoms with Crippen LogP contribution in [0.25, 0.3) is 11.3 Å². The van der Waals surface area contributed by atoms with Crippen LogP contribution in [0.4, 0.5) is 5.13 Å². The number of hydrogen-bond acceptors (Lipinski definition) is 6. The van der Waals surface area contributed by atoms with E-state index in [2.05, 4.69) is 5.10 Å². The molecule has 0 radical (unpaired) electrons. The van der Waals surface area contributed by atoms with Gasteiger partial charge in [0.25, 0.3) is 0 Å². The molecule has 0 aliphatic heterocycles. The van der Waals surface area contributed by atoms with Gasteiger partial charge in [-0.25, -0.2) is 4.98 Å². The first-order valence-electron chi connectivity index (χ1n) is 9.00. The topological polar surface area (TPSA) is 69.5 Å². The van der Waals surface area contributed by atoms with E-state index in [9.17, 15) is 4.79 Å². The first-order valence-corrected chi connectivity index (χ1v) is 9.82. The van der Waals surface area contributed by atoms with Gasteiger partial charge in [0.15, 0.2) is 16.6 Å². The van der Waals surface area contributed by atoms with Crippen LogP contribution in [0.2, 0.25) is 0 Å². The number of thiazole rings is 1. The van der Waals surface area contributed by atoms with Crippen LogP contribution in [0, 0.1) is 0 Å². The summed E-state index contributed by atoms with van der Waals surface area (Å²) >= 11 is 1.58. The number of amides is 1. The molecule has 28 heavy (non-hydrogen) atoms. The summed E-state index contributed by atoms with van der Waals surface area (Å²) in [4.78, 5) is 20.4. The molecule has 2 heterocycles. The van der Waals surface area contributed by atoms with Crippen molar-refractivity contribution in [3.63, 3.8) is 0 Å². The Balaban J connectivity index is 1.55. The lowest BCUT2D eigenvalue weighted by atomic mass is 10.0. The van der Waals surface area contributed by atoms with E-state index in [1.54, 1.807) is 37.5 Å². The Bertz CT molecular complexity index is 1040. The van der Waals surface area contributed by atoms with Gasteiger partial charge in [0.05, 0.1) is 32.5 Å². The Labute approximate surface area is 167 Å². The maximum atomic E-state index is 12.8. The van der Waals surface area contributed by atoms with Crippen LogP contribution in [0.3, 0.4) is 0 Å². The lowest BCUT2D eigenvalue weighted by molar-refractivity contribution is -0.117. The highest BCUT2D eigenvalue weighted by Crippen LogP contribution is 2.39. The summed E-state index contributed by atoms with van der Waals surface area (Å²) in [6, 6.07) is 5.52. The Morgan fingerprint density at radius 3 is 2.79 bits per heavy atom. The summed E-state index contributed by atoms with van der Waals surface area (Å²) in [5.41, 5.74) is 4.10. The smallest absolute Gasteiger partial charge is 0.232 e. The zero-order valence-electron chi connectivity index (χ0n) is 16.4. The average Bonchev–Trinajstić information content (AvgIpc) is 3.30. The van der Waals surface area contributed by atoms with Crippen LogP contribution in [0.1, 0.15) is 16.1 Å². The molecule has 0 N–H and O–H groups in total. The zero-order chi connectivity index (χ0) is 19.8. The largest absolute Gasteiger partial charge is 0.493 e. The van der Waals surface area contributed by atoms with Crippen LogP contribution in [-0.4, -0.2) is 41.9 Å². The monoisotopic (exact) mass is 398 g/mol. The minimum absolute atomic E-state index is 0.0234. The lowest BCUT2D eigenvalue weighted by Crippen LogP contribution is -2.27. The molecule has 0 fully saturated rings. The van der Waals surface area contributed by atoms with E-state index in [0.29, 0.717) is 16.6 Å². The molecule has 4 rings (SSSR count). The standard InChI is InChI=1S/C20H22N4O3S/c1-23(18(25)10-12-5-7-15(26-3)16(9-12)27-4)20-22-19-13-11-21-24(2)14(13)6-8-17(19)28-20/h5,7,9,11H,6,8,10H2,1-4H3. The molecule has 3 aromatic rings. The number of fused-ring (bicyclic) bond motifs is 3. The van der Waals surface area contributed by atoms with Crippen molar-refractivity contribution in [3.05, 3.63) is 40.5 Å². The molecule has 1 aromatic carbocycles. The number of methoxy groups -OCH3 is 2. The number of aromatic nitrogens is 3. The Hall–Kier alpha value is -2.87. The van der Waals surface area contributed by atoms with Gasteiger partial charge in [-0.1, -0.05) is 6.07 Å². The Morgan fingerprint density at radius 1 is 1.25 bits per heavy atom. The van der Waals surface area contributed by atoms with Crippen molar-refractivity contribution in [3.8, 4) is 22.8 Å². The van der Waals surface area contributed by atoms with Gasteiger partial charge in [-0.3, -0.25) is 14.4 Å². The number of rotatable bonds is 5. The average molecular weight is 398 g/mol. The normalized spacial score (nSPS) is 12.3. The highest BCUT2D eigenvalue weighted by Gasteiger charge is 2.26. The summed E-state index contributed by atoms with van der Waals surface area (Å²) in [6.45, 7) is 0. The van der Waals surface area contributed by atoms with Crippen molar-refractivity contribution in [1.29, 1.82) is 0 Å². The second-order valence-electron chi connectivity index (χ2n) is 6.72. The molecular weight excluding hydrogens is 376 g/mol. The molecule has 0 spiro atoms. The molecule has 0 saturated heterocycles. The van der Waals surface area contributed by atoms with Gasteiger partial charge >= 0.3 is 0 Å². The van der Waals surface area contributed by atoms with Gasteiger partial charge in [0.1, 0.15) is 0 Å². The van der Waals surface area contributed by atoms with E-state index in [1.165, 1.54) is 10.6 Å². The van der Waals surface area contributed by atoms with E-state index in [0.717, 1.165) is 29.7 Å². The first kappa shape index (κ1) is 18.5. The number of anilines is 1. The fraction of sp³-hybridized carbons (Fsp3) is 0.350. The van der Waals surface area contributed by atoms with Crippen molar-refractivity contribution in [2.45, 2.75) is 19.3 Å². The van der Waals surface area contributed by atoms with Crippen molar-refractivity contribution in [2.24, 2.45) is 7.05 Å². The SMILES string of the molecule is COc1ccc(CC(=O)N(C)c2nc3c(s2)CCc2c-3cnn2C)cc1OC. The number of nitrogens with zero attached hydrogens (tertiary/aromatic N) is 4. The van der Waals surface area contributed by atoms with Crippen molar-refractivity contribution >= 4 is 22.4 Å². The number of carbonyl (C=O) groups is 1. The fourth-order valence-electron chi connectivity index (χ4n) is 3.44. The van der Waals surface area contributed by atoms with Crippen LogP contribution < -0.4 is 14.4 Å². The summed E-state index contributed by atoms with van der Waals surface area (Å²) in [6.07, 6.45) is 4.00. The molecular formula is C20H22N4O3S. The lowest BCUT2D eigenvalue weighted by Gasteiger charge is -2.14. The van der Waals surface area contributed by atoms with Gasteiger partial charge in [-0.05, 0) is 30.5 Å². The van der Waals surface area contributed by atoms with Crippen molar-refractivity contribution in [1.82, 2.24) is 14.8 Å². The number of likely N-dealkylation sites (N-methyl/N-ethyl adjacent to an activating group) is 1. The molecule has 1 aliphatic rings. The molecule has 0 saturated carbocycles. The van der Waals surface area contributed by atoms with Gasteiger partial charge in [0.2, 0.25) is 5.91 Å². The third-order valence-electron chi connectivity index (χ3n) is 5.06. The second-order valence-corrected chi connectivity index (χ2v) is 7.78. The number of benzene rings is 1. The van der Waals surface area contributed by atoms with Crippen LogP contribution in [0.5, 0.6) is 11.5 Å². The molecule has 146 valence electrons. The highest BCUT2D eigenvalue weighted by atomic mass is 32.1. The summed E-state index contributed by atoms with van der Waals surface area (Å²) in [5.74, 6) is 1.24. The van der Waals surface area contributed by atoms with E-state index >= 15 is 0 Å². The quantitative estimate of drug-likeness (QED) is 0.661. The zero-order valence-corrected chi connectivity index (χ0v) is 17.2. The second kappa shape index (κ2) is 7.27. The molecule has 2 aromatic heterocycles. The summed E-state index contributed by atoms with van der Waals surface area (Å²) in [5, 5.41) is 5.07. The number of carbonyl (C=O) groups excluding carboxylic acids is 1. The van der Waals surface area contributed by atoms with Crippen LogP contribution in [-0.2, 0) is 31.1 Å². The minimum Gasteiger partial charge on any atom is -0.493 e. The summed E-state index contributed by atoms with van der Waals surface area (Å²) in [7, 11) is 6.91. The molecule has 7 nitrogen and oxygen atoms in total. The molecule has 1 amide bonds. The first-order chi connectivity index (χ1) is 13.5. The van der Waals surface area contributed by atoms with E-state index in [-0.39, 0.29) is 12.3 Å². The van der Waals surface area contributed by atoms with Gasteiger partial charge in [-0.2, -0.15) is 5.10 Å². The van der Waals surface area contributed by atoms with E-state index < -0.39 is 0 Å². The Kier molecular flexibility index (Phi) is 4.80. The molecule has 0 unspecified atom stereocenters. The highest BCUT2D eigenvalue weighted by molar-refractivity contribution is 7.16. The Morgan fingerprint density at radius 2 is 2.04 bits per heavy atom. The van der Waals surface area contributed by atoms with E-state index in [4.69, 9.17) is 14.5 Å². The van der Waals surface area contributed by atoms with Gasteiger partial charge < -0.3 is 9.47 Å². The predicted octanol–water partition coefficient (Wildman–Crippen LogP) is 2.86. The van der Waals surface area contributed by atoms with Gasteiger partial charge in [0, 0.05) is 30.2 Å². The summed E-state index contributed by atoms with van der Waals surface area (Å²) < 4.78 is 12.5. The maximum absolute atomic E-state index is 12.8. The maximum Gasteiger partial charge on any atom is 0.232 e. The van der Waals surface area contributed by atoms with Crippen LogP contribution in [0.15, 0.2) is 24.4 Å². The number of ether oxygens (including phenoxy) is 2. The molecule has 1 aliphatic carbocycles. The van der Waals surface area contributed by atoms with Gasteiger partial charge in [-0.15, -0.1) is 11.3 Å². The third kappa shape index (κ3) is 3.13. The third-order valence-corrected chi connectivity index (χ3v) is 6.25. The number of hydrogen-bond donors (Lipinski definition) is 0. The minimum atomic E-state index is -0.0234. The molecule has 0 bridgehead atoms. The van der Waals surface area contributed by atoms with E-state index in [1.807, 2.05) is 36.1 Å². The molecule has 8 heteroatoms. The molecule has 0 atom stereocenters. The van der Waals surface area contributed by atoms with Crippen LogP contribution >= 0.6 is 11.3 Å². The van der Waals surface area contributed by atoms with Crippen molar-refractivity contribution in [2.75, 3.05) is 26.2 Å².